The van der Waals surface area contributed by atoms with Gasteiger partial charge in [0, 0.05) is 0 Å². The van der Waals surface area contributed by atoms with E-state index in [0.29, 0.717) is 0 Å². The summed E-state index contributed by atoms with van der Waals surface area (Å²) in [7, 11) is 0. The second-order valence-electron chi connectivity index (χ2n) is 5.26. The van der Waals surface area contributed by atoms with Crippen LogP contribution in [0.25, 0.3) is 0 Å². The lowest BCUT2D eigenvalue weighted by Gasteiger charge is -2.36. The Morgan fingerprint density at radius 3 is 1.71 bits per heavy atom. The summed E-state index contributed by atoms with van der Waals surface area (Å²) in [6.45, 7) is 9.69. The Morgan fingerprint density at radius 2 is 1.50 bits per heavy atom. The van der Waals surface area contributed by atoms with Gasteiger partial charge in [-0.2, -0.15) is 0 Å². The van der Waals surface area contributed by atoms with Gasteiger partial charge in [-0.1, -0.05) is 0 Å². The molecule has 0 aliphatic heterocycles. The van der Waals surface area contributed by atoms with Crippen LogP contribution in [0.1, 0.15) is 41.5 Å². The number of rotatable bonds is 2. The average molecular weight is 203 g/mol. The zero-order valence-corrected chi connectivity index (χ0v) is 9.84. The first kappa shape index (κ1) is 13.4. The second-order valence-corrected chi connectivity index (χ2v) is 5.26. The minimum atomic E-state index is -1.40. The number of carbonyl (C=O) groups excluding carboxylic acids is 1. The summed E-state index contributed by atoms with van der Waals surface area (Å²) < 4.78 is 5.11. The number of esters is 1. The van der Waals surface area contributed by atoms with Gasteiger partial charge in [-0.15, -0.1) is 0 Å². The minimum absolute atomic E-state index is 0.594. The molecule has 0 saturated heterocycles. The molecule has 0 aromatic carbocycles. The van der Waals surface area contributed by atoms with Crippen LogP contribution >= 0.6 is 0 Å². The third-order valence-electron chi connectivity index (χ3n) is 2.09. The van der Waals surface area contributed by atoms with Crippen molar-refractivity contribution in [1.29, 1.82) is 0 Å². The van der Waals surface area contributed by atoms with Crippen molar-refractivity contribution in [2.45, 2.75) is 58.3 Å². The van der Waals surface area contributed by atoms with Crippen molar-refractivity contribution in [3.63, 3.8) is 0 Å². The van der Waals surface area contributed by atoms with E-state index in [1.165, 1.54) is 20.8 Å². The third kappa shape index (κ3) is 3.27. The lowest BCUT2D eigenvalue weighted by Crippen LogP contribution is -2.62. The molecule has 84 valence electrons. The summed E-state index contributed by atoms with van der Waals surface area (Å²) in [4.78, 5) is 11.6. The van der Waals surface area contributed by atoms with E-state index in [2.05, 4.69) is 0 Å². The summed E-state index contributed by atoms with van der Waals surface area (Å²) in [6.07, 6.45) is 0. The molecule has 0 aromatic heterocycles. The van der Waals surface area contributed by atoms with Crippen molar-refractivity contribution in [3.8, 4) is 0 Å². The van der Waals surface area contributed by atoms with Crippen LogP contribution < -0.4 is 5.73 Å². The molecule has 0 aromatic rings. The van der Waals surface area contributed by atoms with Gasteiger partial charge in [-0.3, -0.25) is 0 Å². The fraction of sp³-hybridized carbons (Fsp3) is 0.900. The van der Waals surface area contributed by atoms with Gasteiger partial charge < -0.3 is 15.6 Å². The van der Waals surface area contributed by atoms with Crippen LogP contribution in [-0.4, -0.2) is 27.8 Å². The van der Waals surface area contributed by atoms with E-state index in [9.17, 15) is 9.90 Å². The van der Waals surface area contributed by atoms with Crippen LogP contribution in [0, 0.1) is 0 Å². The maximum absolute atomic E-state index is 11.6. The molecule has 0 saturated carbocycles. The zero-order chi connectivity index (χ0) is 11.8. The van der Waals surface area contributed by atoms with Crippen molar-refractivity contribution < 1.29 is 14.6 Å². The molecule has 0 amide bonds. The smallest absolute Gasteiger partial charge is 0.329 e. The molecule has 0 radical (unpaired) electrons. The highest BCUT2D eigenvalue weighted by Gasteiger charge is 2.45. The second kappa shape index (κ2) is 3.51. The monoisotopic (exact) mass is 203 g/mol. The number of nitrogens with two attached hydrogens (primary N) is 1. The van der Waals surface area contributed by atoms with Crippen LogP contribution in [0.3, 0.4) is 0 Å². The normalized spacial score (nSPS) is 17.4. The highest BCUT2D eigenvalue weighted by Crippen LogP contribution is 2.22. The van der Waals surface area contributed by atoms with Crippen LogP contribution in [-0.2, 0) is 9.53 Å². The van der Waals surface area contributed by atoms with E-state index in [4.69, 9.17) is 10.5 Å². The van der Waals surface area contributed by atoms with Gasteiger partial charge in [0.1, 0.15) is 11.1 Å². The molecule has 0 spiro atoms. The van der Waals surface area contributed by atoms with Crippen molar-refractivity contribution in [1.82, 2.24) is 0 Å². The molecule has 0 bridgehead atoms. The molecule has 1 atom stereocenters. The fourth-order valence-electron chi connectivity index (χ4n) is 0.634. The van der Waals surface area contributed by atoms with E-state index in [0.717, 1.165) is 0 Å². The Kier molecular flexibility index (Phi) is 3.36. The van der Waals surface area contributed by atoms with Crippen molar-refractivity contribution >= 4 is 5.97 Å². The third-order valence-corrected chi connectivity index (χ3v) is 2.09. The van der Waals surface area contributed by atoms with Crippen molar-refractivity contribution in [2.24, 2.45) is 5.73 Å². The molecule has 14 heavy (non-hydrogen) atoms. The summed E-state index contributed by atoms with van der Waals surface area (Å²) >= 11 is 0. The van der Waals surface area contributed by atoms with Crippen molar-refractivity contribution in [3.05, 3.63) is 0 Å². The Bertz CT molecular complexity index is 221. The first-order valence-electron chi connectivity index (χ1n) is 4.62. The van der Waals surface area contributed by atoms with Gasteiger partial charge in [0.05, 0.1) is 5.60 Å². The molecule has 0 aliphatic carbocycles. The first-order chi connectivity index (χ1) is 5.88. The maximum Gasteiger partial charge on any atom is 0.329 e. The van der Waals surface area contributed by atoms with Gasteiger partial charge >= 0.3 is 5.97 Å². The van der Waals surface area contributed by atoms with Gasteiger partial charge in [0.15, 0.2) is 0 Å². The topological polar surface area (TPSA) is 72.5 Å². The van der Waals surface area contributed by atoms with Gasteiger partial charge in [0.2, 0.25) is 0 Å². The maximum atomic E-state index is 11.6. The van der Waals surface area contributed by atoms with Crippen LogP contribution in [0.2, 0.25) is 0 Å². The quantitative estimate of drug-likeness (QED) is 0.652. The standard InChI is InChI=1S/C10H21NO3/c1-8(2,3)14-7(12)10(6,11)9(4,5)13/h13H,11H2,1-6H3. The minimum Gasteiger partial charge on any atom is -0.459 e. The molecule has 0 aliphatic rings. The lowest BCUT2D eigenvalue weighted by molar-refractivity contribution is -0.169. The Hall–Kier alpha value is -0.610. The molecule has 3 N–H and O–H groups in total. The predicted molar refractivity (Wildman–Crippen MR) is 54.7 cm³/mol. The molecule has 4 nitrogen and oxygen atoms in total. The largest absolute Gasteiger partial charge is 0.459 e. The number of hydrogen-bond acceptors (Lipinski definition) is 4. The number of carbonyl (C=O) groups is 1. The van der Waals surface area contributed by atoms with Crippen LogP contribution in [0.5, 0.6) is 0 Å². The molecule has 1 unspecified atom stereocenters. The molecule has 0 heterocycles. The average Bonchev–Trinajstić information content (AvgIpc) is 1.80. The summed E-state index contributed by atoms with van der Waals surface area (Å²) in [5.74, 6) is -0.600. The number of ether oxygens (including phenoxy) is 1. The first-order valence-corrected chi connectivity index (χ1v) is 4.62. The molecular weight excluding hydrogens is 182 g/mol. The molecule has 4 heteroatoms. The molecule has 0 fully saturated rings. The molecular formula is C10H21NO3. The van der Waals surface area contributed by atoms with E-state index < -0.39 is 22.7 Å². The Balaban J connectivity index is 4.70. The van der Waals surface area contributed by atoms with Gasteiger partial charge in [-0.05, 0) is 41.5 Å². The van der Waals surface area contributed by atoms with Gasteiger partial charge in [0.25, 0.3) is 0 Å². The lowest BCUT2D eigenvalue weighted by atomic mass is 9.85. The number of hydrogen-bond donors (Lipinski definition) is 2. The zero-order valence-electron chi connectivity index (χ0n) is 9.84. The summed E-state index contributed by atoms with van der Waals surface area (Å²) in [5, 5.41) is 9.69. The molecule has 0 rings (SSSR count). The van der Waals surface area contributed by atoms with E-state index in [1.54, 1.807) is 20.8 Å². The fourth-order valence-corrected chi connectivity index (χ4v) is 0.634. The van der Waals surface area contributed by atoms with Crippen LogP contribution in [0.15, 0.2) is 0 Å². The van der Waals surface area contributed by atoms with E-state index >= 15 is 0 Å². The van der Waals surface area contributed by atoms with Gasteiger partial charge in [-0.25, -0.2) is 4.79 Å². The van der Waals surface area contributed by atoms with E-state index in [1.807, 2.05) is 0 Å². The van der Waals surface area contributed by atoms with E-state index in [-0.39, 0.29) is 0 Å². The SMILES string of the molecule is CC(C)(C)OC(=O)C(C)(N)C(C)(C)O. The van der Waals surface area contributed by atoms with Crippen LogP contribution in [0.4, 0.5) is 0 Å². The predicted octanol–water partition coefficient (Wildman–Crippen LogP) is 0.816. The highest BCUT2D eigenvalue weighted by molar-refractivity contribution is 5.82. The summed E-state index contributed by atoms with van der Waals surface area (Å²) in [6, 6.07) is 0. The number of aliphatic hydroxyl groups is 1. The Labute approximate surface area is 85.4 Å². The highest BCUT2D eigenvalue weighted by atomic mass is 16.6. The van der Waals surface area contributed by atoms with Crippen molar-refractivity contribution in [2.75, 3.05) is 0 Å². The summed E-state index contributed by atoms with van der Waals surface area (Å²) in [5.41, 5.74) is 2.41. The Morgan fingerprint density at radius 1 is 1.14 bits per heavy atom.